The summed E-state index contributed by atoms with van der Waals surface area (Å²) >= 11 is 3.52. The maximum atomic E-state index is 11.8. The van der Waals surface area contributed by atoms with Crippen LogP contribution in [0.15, 0.2) is 22.7 Å². The van der Waals surface area contributed by atoms with E-state index in [0.717, 1.165) is 35.3 Å². The molecule has 0 saturated carbocycles. The van der Waals surface area contributed by atoms with Crippen LogP contribution < -0.4 is 10.1 Å². The van der Waals surface area contributed by atoms with Crippen molar-refractivity contribution < 1.29 is 9.53 Å². The highest BCUT2D eigenvalue weighted by atomic mass is 79.9. The number of ketones is 1. The lowest BCUT2D eigenvalue weighted by atomic mass is 9.91. The van der Waals surface area contributed by atoms with Gasteiger partial charge in [-0.1, -0.05) is 15.9 Å². The van der Waals surface area contributed by atoms with Crippen molar-refractivity contribution in [1.29, 1.82) is 0 Å². The quantitative estimate of drug-likeness (QED) is 0.929. The van der Waals surface area contributed by atoms with Gasteiger partial charge >= 0.3 is 0 Å². The van der Waals surface area contributed by atoms with E-state index >= 15 is 0 Å². The fourth-order valence-electron chi connectivity index (χ4n) is 2.09. The van der Waals surface area contributed by atoms with Gasteiger partial charge in [0, 0.05) is 29.9 Å². The van der Waals surface area contributed by atoms with E-state index in [2.05, 4.69) is 21.2 Å². The van der Waals surface area contributed by atoms with Crippen LogP contribution in [-0.2, 0) is 11.2 Å². The van der Waals surface area contributed by atoms with E-state index in [9.17, 15) is 4.79 Å². The summed E-state index contributed by atoms with van der Waals surface area (Å²) in [6.45, 7) is 1.59. The predicted molar refractivity (Wildman–Crippen MR) is 70.4 cm³/mol. The highest BCUT2D eigenvalue weighted by molar-refractivity contribution is 9.10. The van der Waals surface area contributed by atoms with Gasteiger partial charge in [0.05, 0.1) is 7.11 Å². The predicted octanol–water partition coefficient (Wildman–Crippen LogP) is 2.18. The summed E-state index contributed by atoms with van der Waals surface area (Å²) in [5.41, 5.74) is 1.13. The lowest BCUT2D eigenvalue weighted by molar-refractivity contribution is -0.123. The number of methoxy groups -OCH3 is 1. The second-order valence-corrected chi connectivity index (χ2v) is 5.13. The molecule has 1 aliphatic rings. The van der Waals surface area contributed by atoms with Gasteiger partial charge in [0.15, 0.2) is 0 Å². The Labute approximate surface area is 110 Å². The number of piperidine rings is 1. The molecule has 4 heteroatoms. The molecule has 0 aliphatic carbocycles. The molecule has 0 radical (unpaired) electrons. The maximum absolute atomic E-state index is 11.8. The lowest BCUT2D eigenvalue weighted by Crippen LogP contribution is -2.38. The first-order chi connectivity index (χ1) is 8.20. The number of halogens is 1. The molecule has 1 fully saturated rings. The average molecular weight is 298 g/mol. The zero-order valence-electron chi connectivity index (χ0n) is 9.83. The SMILES string of the molecule is COc1ccc(Br)c(CC2CNCCC2=O)c1. The molecule has 17 heavy (non-hydrogen) atoms. The fraction of sp³-hybridized carbons (Fsp3) is 0.462. The first kappa shape index (κ1) is 12.6. The Morgan fingerprint density at radius 2 is 2.35 bits per heavy atom. The molecule has 1 atom stereocenters. The van der Waals surface area contributed by atoms with Gasteiger partial charge in [-0.05, 0) is 30.2 Å². The summed E-state index contributed by atoms with van der Waals surface area (Å²) in [5.74, 6) is 1.28. The Balaban J connectivity index is 2.14. The Hall–Kier alpha value is -0.870. The van der Waals surface area contributed by atoms with Crippen LogP contribution in [0, 0.1) is 5.92 Å². The second-order valence-electron chi connectivity index (χ2n) is 4.28. The van der Waals surface area contributed by atoms with E-state index in [4.69, 9.17) is 4.74 Å². The summed E-state index contributed by atoms with van der Waals surface area (Å²) in [7, 11) is 1.65. The number of benzene rings is 1. The van der Waals surface area contributed by atoms with Crippen LogP contribution in [0.2, 0.25) is 0 Å². The zero-order chi connectivity index (χ0) is 12.3. The fourth-order valence-corrected chi connectivity index (χ4v) is 2.50. The summed E-state index contributed by atoms with van der Waals surface area (Å²) < 4.78 is 6.24. The molecule has 1 aliphatic heterocycles. The minimum Gasteiger partial charge on any atom is -0.497 e. The van der Waals surface area contributed by atoms with Crippen LogP contribution >= 0.6 is 15.9 Å². The average Bonchev–Trinajstić information content (AvgIpc) is 2.35. The van der Waals surface area contributed by atoms with Crippen molar-refractivity contribution in [3.63, 3.8) is 0 Å². The van der Waals surface area contributed by atoms with Crippen LogP contribution in [0.5, 0.6) is 5.75 Å². The number of rotatable bonds is 3. The summed E-state index contributed by atoms with van der Waals surface area (Å²) in [5, 5.41) is 3.27. The normalized spacial score (nSPS) is 20.4. The molecule has 92 valence electrons. The van der Waals surface area contributed by atoms with Crippen LogP contribution in [-0.4, -0.2) is 26.0 Å². The number of ether oxygens (including phenoxy) is 1. The van der Waals surface area contributed by atoms with E-state index in [1.165, 1.54) is 0 Å². The standard InChI is InChI=1S/C13H16BrNO2/c1-17-11-2-3-12(14)9(7-11)6-10-8-15-5-4-13(10)16/h2-3,7,10,15H,4-6,8H2,1H3. The molecule has 1 aromatic rings. The zero-order valence-corrected chi connectivity index (χ0v) is 11.4. The number of hydrogen-bond acceptors (Lipinski definition) is 3. The van der Waals surface area contributed by atoms with Gasteiger partial charge in [0.2, 0.25) is 0 Å². The molecular weight excluding hydrogens is 282 g/mol. The molecule has 2 rings (SSSR count). The van der Waals surface area contributed by atoms with Crippen LogP contribution in [0.3, 0.4) is 0 Å². The largest absolute Gasteiger partial charge is 0.497 e. The van der Waals surface area contributed by atoms with Gasteiger partial charge < -0.3 is 10.1 Å². The highest BCUT2D eigenvalue weighted by Gasteiger charge is 2.22. The highest BCUT2D eigenvalue weighted by Crippen LogP contribution is 2.25. The molecule has 0 amide bonds. The van der Waals surface area contributed by atoms with Crippen molar-refractivity contribution in [2.24, 2.45) is 5.92 Å². The molecule has 1 aromatic carbocycles. The van der Waals surface area contributed by atoms with Crippen molar-refractivity contribution in [1.82, 2.24) is 5.32 Å². The van der Waals surface area contributed by atoms with Gasteiger partial charge in [0.25, 0.3) is 0 Å². The molecule has 0 bridgehead atoms. The Kier molecular flexibility index (Phi) is 4.18. The van der Waals surface area contributed by atoms with Crippen molar-refractivity contribution in [3.8, 4) is 5.75 Å². The van der Waals surface area contributed by atoms with E-state index in [1.54, 1.807) is 7.11 Å². The molecule has 1 saturated heterocycles. The number of carbonyl (C=O) groups is 1. The minimum absolute atomic E-state index is 0.0900. The van der Waals surface area contributed by atoms with Gasteiger partial charge in [0.1, 0.15) is 11.5 Å². The molecule has 0 spiro atoms. The van der Waals surface area contributed by atoms with Gasteiger partial charge in [-0.2, -0.15) is 0 Å². The minimum atomic E-state index is 0.0900. The summed E-state index contributed by atoms with van der Waals surface area (Å²) in [6.07, 6.45) is 1.41. The van der Waals surface area contributed by atoms with E-state index in [0.29, 0.717) is 12.2 Å². The molecule has 3 nitrogen and oxygen atoms in total. The first-order valence-electron chi connectivity index (χ1n) is 5.76. The topological polar surface area (TPSA) is 38.3 Å². The third-order valence-corrected chi connectivity index (χ3v) is 3.89. The van der Waals surface area contributed by atoms with E-state index < -0.39 is 0 Å². The molecule has 1 unspecified atom stereocenters. The van der Waals surface area contributed by atoms with Crippen LogP contribution in [0.25, 0.3) is 0 Å². The maximum Gasteiger partial charge on any atom is 0.138 e. The Morgan fingerprint density at radius 3 is 3.06 bits per heavy atom. The van der Waals surface area contributed by atoms with E-state index in [-0.39, 0.29) is 5.92 Å². The lowest BCUT2D eigenvalue weighted by Gasteiger charge is -2.22. The van der Waals surface area contributed by atoms with Crippen LogP contribution in [0.1, 0.15) is 12.0 Å². The number of Topliss-reactive ketones (excluding diaryl/α,β-unsaturated/α-hetero) is 1. The monoisotopic (exact) mass is 297 g/mol. The Bertz CT molecular complexity index is 420. The van der Waals surface area contributed by atoms with Crippen molar-refractivity contribution >= 4 is 21.7 Å². The summed E-state index contributed by atoms with van der Waals surface area (Å²) in [6, 6.07) is 5.87. The van der Waals surface area contributed by atoms with Gasteiger partial charge in [-0.25, -0.2) is 0 Å². The smallest absolute Gasteiger partial charge is 0.138 e. The van der Waals surface area contributed by atoms with Crippen molar-refractivity contribution in [2.75, 3.05) is 20.2 Å². The first-order valence-corrected chi connectivity index (χ1v) is 6.56. The second kappa shape index (κ2) is 5.65. The molecule has 0 aromatic heterocycles. The molecule has 1 heterocycles. The third-order valence-electron chi connectivity index (χ3n) is 3.11. The number of nitrogens with one attached hydrogen (secondary N) is 1. The van der Waals surface area contributed by atoms with Gasteiger partial charge in [-0.3, -0.25) is 4.79 Å². The van der Waals surface area contributed by atoms with Gasteiger partial charge in [-0.15, -0.1) is 0 Å². The van der Waals surface area contributed by atoms with Crippen LogP contribution in [0.4, 0.5) is 0 Å². The number of hydrogen-bond donors (Lipinski definition) is 1. The number of carbonyl (C=O) groups excluding carboxylic acids is 1. The molecule has 1 N–H and O–H groups in total. The van der Waals surface area contributed by atoms with Crippen molar-refractivity contribution in [3.05, 3.63) is 28.2 Å². The third kappa shape index (κ3) is 3.07. The Morgan fingerprint density at radius 1 is 1.53 bits per heavy atom. The summed E-state index contributed by atoms with van der Waals surface area (Å²) in [4.78, 5) is 11.8. The van der Waals surface area contributed by atoms with Crippen molar-refractivity contribution in [2.45, 2.75) is 12.8 Å². The molecular formula is C13H16BrNO2. The van der Waals surface area contributed by atoms with E-state index in [1.807, 2.05) is 18.2 Å².